The fourth-order valence-electron chi connectivity index (χ4n) is 1.80. The summed E-state index contributed by atoms with van der Waals surface area (Å²) in [6, 6.07) is 4.77. The number of hydrogen-bond donors (Lipinski definition) is 2. The van der Waals surface area contributed by atoms with E-state index in [2.05, 4.69) is 21.2 Å². The molecule has 1 heterocycles. The van der Waals surface area contributed by atoms with E-state index in [1.165, 1.54) is 0 Å². The lowest BCUT2D eigenvalue weighted by Crippen LogP contribution is -2.41. The minimum absolute atomic E-state index is 0.0908. The largest absolute Gasteiger partial charge is 0.395 e. The van der Waals surface area contributed by atoms with Crippen molar-refractivity contribution in [2.45, 2.75) is 0 Å². The highest BCUT2D eigenvalue weighted by molar-refractivity contribution is 9.10. The summed E-state index contributed by atoms with van der Waals surface area (Å²) in [5.41, 5.74) is 0.581. The molecule has 1 aromatic rings. The van der Waals surface area contributed by atoms with E-state index in [1.807, 2.05) is 0 Å². The van der Waals surface area contributed by atoms with Crippen LogP contribution in [0.25, 0.3) is 0 Å². The first-order valence-electron chi connectivity index (χ1n) is 5.58. The van der Waals surface area contributed by atoms with Crippen LogP contribution >= 0.6 is 15.9 Å². The highest BCUT2D eigenvalue weighted by Crippen LogP contribution is 2.25. The van der Waals surface area contributed by atoms with Crippen LogP contribution in [0.15, 0.2) is 22.7 Å². The van der Waals surface area contributed by atoms with E-state index >= 15 is 0 Å². The van der Waals surface area contributed by atoms with E-state index in [0.717, 1.165) is 4.90 Å². The van der Waals surface area contributed by atoms with E-state index in [4.69, 9.17) is 5.11 Å². The number of fused-ring (bicyclic) bond motifs is 1. The number of rotatable bonds is 4. The van der Waals surface area contributed by atoms with Gasteiger partial charge in [-0.1, -0.05) is 15.9 Å². The molecule has 2 N–H and O–H groups in total. The fraction of sp³-hybridized carbons (Fsp3) is 0.250. The minimum Gasteiger partial charge on any atom is -0.395 e. The summed E-state index contributed by atoms with van der Waals surface area (Å²) in [5.74, 6) is -1.45. The first-order valence-corrected chi connectivity index (χ1v) is 6.37. The second-order valence-electron chi connectivity index (χ2n) is 3.96. The van der Waals surface area contributed by atoms with Gasteiger partial charge in [-0.2, -0.15) is 0 Å². The molecular weight excluding hydrogens is 316 g/mol. The maximum Gasteiger partial charge on any atom is 0.262 e. The zero-order chi connectivity index (χ0) is 14.0. The van der Waals surface area contributed by atoms with E-state index in [-0.39, 0.29) is 25.3 Å². The third-order valence-electron chi connectivity index (χ3n) is 2.67. The third kappa shape index (κ3) is 2.66. The number of aliphatic hydroxyl groups is 1. The molecule has 0 aliphatic carbocycles. The summed E-state index contributed by atoms with van der Waals surface area (Å²) in [4.78, 5) is 36.4. The van der Waals surface area contributed by atoms with Crippen LogP contribution < -0.4 is 5.32 Å². The van der Waals surface area contributed by atoms with Gasteiger partial charge in [-0.25, -0.2) is 0 Å². The Balaban J connectivity index is 2.16. The molecule has 0 aromatic heterocycles. The van der Waals surface area contributed by atoms with Gasteiger partial charge in [0.05, 0.1) is 17.7 Å². The Bertz CT molecular complexity index is 559. The van der Waals surface area contributed by atoms with Crippen LogP contribution in [-0.2, 0) is 4.79 Å². The van der Waals surface area contributed by atoms with E-state index < -0.39 is 17.7 Å². The van der Waals surface area contributed by atoms with Crippen LogP contribution in [0, 0.1) is 0 Å². The number of benzene rings is 1. The van der Waals surface area contributed by atoms with Gasteiger partial charge in [-0.05, 0) is 18.2 Å². The Hall–Kier alpha value is -1.73. The van der Waals surface area contributed by atoms with Crippen LogP contribution in [0.4, 0.5) is 0 Å². The van der Waals surface area contributed by atoms with E-state index in [1.54, 1.807) is 18.2 Å². The minimum atomic E-state index is -0.486. The third-order valence-corrected chi connectivity index (χ3v) is 3.16. The number of nitrogens with one attached hydrogen (secondary N) is 1. The normalized spacial score (nSPS) is 13.7. The summed E-state index contributed by atoms with van der Waals surface area (Å²) in [5, 5.41) is 11.0. The number of hydrogen-bond acceptors (Lipinski definition) is 4. The van der Waals surface area contributed by atoms with Crippen LogP contribution in [-0.4, -0.2) is 47.4 Å². The van der Waals surface area contributed by atoms with Crippen molar-refractivity contribution >= 4 is 33.7 Å². The lowest BCUT2D eigenvalue weighted by Gasteiger charge is -2.12. The average molecular weight is 327 g/mol. The Morgan fingerprint density at radius 2 is 1.95 bits per heavy atom. The zero-order valence-electron chi connectivity index (χ0n) is 9.85. The number of nitrogens with zero attached hydrogens (tertiary/aromatic N) is 1. The number of halogens is 1. The van der Waals surface area contributed by atoms with Crippen LogP contribution in [0.3, 0.4) is 0 Å². The second kappa shape index (κ2) is 5.50. The molecule has 100 valence electrons. The molecule has 7 heteroatoms. The molecule has 2 rings (SSSR count). The van der Waals surface area contributed by atoms with Crippen LogP contribution in [0.1, 0.15) is 20.7 Å². The lowest BCUT2D eigenvalue weighted by molar-refractivity contribution is -0.121. The second-order valence-corrected chi connectivity index (χ2v) is 4.88. The maximum absolute atomic E-state index is 12.0. The monoisotopic (exact) mass is 326 g/mol. The summed E-state index contributed by atoms with van der Waals surface area (Å²) in [6.07, 6.45) is 0. The van der Waals surface area contributed by atoms with Crippen molar-refractivity contribution in [3.05, 3.63) is 33.8 Å². The summed E-state index contributed by atoms with van der Waals surface area (Å²) in [6.45, 7) is -0.446. The molecule has 19 heavy (non-hydrogen) atoms. The topological polar surface area (TPSA) is 86.7 Å². The molecular formula is C12H11BrN2O4. The van der Waals surface area contributed by atoms with Gasteiger partial charge in [0.1, 0.15) is 6.54 Å². The van der Waals surface area contributed by atoms with Crippen molar-refractivity contribution in [3.8, 4) is 0 Å². The van der Waals surface area contributed by atoms with Crippen molar-refractivity contribution in [3.63, 3.8) is 0 Å². The molecule has 0 saturated carbocycles. The number of carbonyl (C=O) groups is 3. The van der Waals surface area contributed by atoms with Gasteiger partial charge in [-0.15, -0.1) is 0 Å². The van der Waals surface area contributed by atoms with Gasteiger partial charge >= 0.3 is 0 Å². The first kappa shape index (κ1) is 13.7. The van der Waals surface area contributed by atoms with Gasteiger partial charge in [-0.3, -0.25) is 19.3 Å². The molecule has 0 unspecified atom stereocenters. The molecule has 0 spiro atoms. The van der Waals surface area contributed by atoms with Crippen LogP contribution in [0.2, 0.25) is 0 Å². The number of aliphatic hydroxyl groups excluding tert-OH is 1. The molecule has 0 radical (unpaired) electrons. The highest BCUT2D eigenvalue weighted by Gasteiger charge is 2.36. The number of amides is 3. The Morgan fingerprint density at radius 3 is 2.63 bits per heavy atom. The SMILES string of the molecule is O=C(CN1C(=O)c2ccc(Br)cc2C1=O)NCCO. The quantitative estimate of drug-likeness (QED) is 0.771. The van der Waals surface area contributed by atoms with Crippen molar-refractivity contribution in [1.82, 2.24) is 10.2 Å². The molecule has 0 atom stereocenters. The smallest absolute Gasteiger partial charge is 0.262 e. The van der Waals surface area contributed by atoms with Crippen molar-refractivity contribution in [2.24, 2.45) is 0 Å². The maximum atomic E-state index is 12.0. The first-order chi connectivity index (χ1) is 9.04. The predicted octanol–water partition coefficient (Wildman–Crippen LogP) is 0.154. The fourth-order valence-corrected chi connectivity index (χ4v) is 2.16. The average Bonchev–Trinajstić information content (AvgIpc) is 2.61. The molecule has 1 aliphatic rings. The van der Waals surface area contributed by atoms with Crippen LogP contribution in [0.5, 0.6) is 0 Å². The number of carbonyl (C=O) groups excluding carboxylic acids is 3. The Morgan fingerprint density at radius 1 is 1.26 bits per heavy atom. The standard InChI is InChI=1S/C12H11BrN2O4/c13-7-1-2-8-9(5-7)12(19)15(11(8)18)6-10(17)14-3-4-16/h1-2,5,16H,3-4,6H2,(H,14,17). The molecule has 0 fully saturated rings. The van der Waals surface area contributed by atoms with E-state index in [0.29, 0.717) is 10.0 Å². The molecule has 3 amide bonds. The Labute approximate surface area is 117 Å². The predicted molar refractivity (Wildman–Crippen MR) is 69.6 cm³/mol. The van der Waals surface area contributed by atoms with Crippen molar-refractivity contribution in [2.75, 3.05) is 19.7 Å². The van der Waals surface area contributed by atoms with Gasteiger partial charge in [0, 0.05) is 11.0 Å². The van der Waals surface area contributed by atoms with Gasteiger partial charge < -0.3 is 10.4 Å². The number of imide groups is 1. The molecule has 0 saturated heterocycles. The van der Waals surface area contributed by atoms with Crippen molar-refractivity contribution < 1.29 is 19.5 Å². The Kier molecular flexibility index (Phi) is 3.96. The molecule has 1 aliphatic heterocycles. The zero-order valence-corrected chi connectivity index (χ0v) is 11.4. The van der Waals surface area contributed by atoms with Gasteiger partial charge in [0.25, 0.3) is 11.8 Å². The molecule has 6 nitrogen and oxygen atoms in total. The summed E-state index contributed by atoms with van der Waals surface area (Å²) < 4.78 is 0.694. The summed E-state index contributed by atoms with van der Waals surface area (Å²) >= 11 is 3.23. The lowest BCUT2D eigenvalue weighted by atomic mass is 10.1. The highest BCUT2D eigenvalue weighted by atomic mass is 79.9. The van der Waals surface area contributed by atoms with Crippen molar-refractivity contribution in [1.29, 1.82) is 0 Å². The van der Waals surface area contributed by atoms with Gasteiger partial charge in [0.15, 0.2) is 0 Å². The summed E-state index contributed by atoms with van der Waals surface area (Å²) in [7, 11) is 0. The molecule has 0 bridgehead atoms. The van der Waals surface area contributed by atoms with Gasteiger partial charge in [0.2, 0.25) is 5.91 Å². The van der Waals surface area contributed by atoms with E-state index in [9.17, 15) is 14.4 Å². The molecule has 1 aromatic carbocycles.